The molecule has 0 bridgehead atoms. The second kappa shape index (κ2) is 10.2. The van der Waals surface area contributed by atoms with Crippen molar-refractivity contribution >= 4 is 45.9 Å². The summed E-state index contributed by atoms with van der Waals surface area (Å²) < 4.78 is 12.9. The number of anilines is 2. The largest absolute Gasteiger partial charge is 0.547 e. The van der Waals surface area contributed by atoms with Crippen LogP contribution in [0.1, 0.15) is 12.5 Å². The lowest BCUT2D eigenvalue weighted by Gasteiger charge is -2.13. The normalized spacial score (nSPS) is 29.9. The molecule has 8 atom stereocenters. The first-order valence-electron chi connectivity index (χ1n) is 11.4. The molecule has 0 amide bonds. The number of aromatic amines is 2. The molecule has 212 valence electrons. The molecule has 0 aliphatic carbocycles. The van der Waals surface area contributed by atoms with Crippen LogP contribution in [0.25, 0.3) is 22.3 Å². The molecule has 40 heavy (non-hydrogen) atoms. The van der Waals surface area contributed by atoms with Gasteiger partial charge < -0.3 is 61.2 Å². The number of carboxylic acids is 2. The van der Waals surface area contributed by atoms with E-state index < -0.39 is 61.0 Å². The average Bonchev–Trinajstić information content (AvgIpc) is 3.67. The van der Waals surface area contributed by atoms with Crippen LogP contribution < -0.4 is 30.8 Å². The highest BCUT2D eigenvalue weighted by molar-refractivity contribution is 5.78. The van der Waals surface area contributed by atoms with Crippen molar-refractivity contribution in [3.8, 4) is 0 Å². The van der Waals surface area contributed by atoms with Crippen LogP contribution in [0.3, 0.4) is 0 Å². The summed E-state index contributed by atoms with van der Waals surface area (Å²) in [7, 11) is 0. The number of imidazole rings is 2. The first-order chi connectivity index (χ1) is 19.0. The molecule has 4 aromatic rings. The molecule has 4 aromatic heterocycles. The Hall–Kier alpha value is -4.60. The topological polar surface area (TPSA) is 323 Å². The predicted octanol–water partition coefficient (Wildman–Crippen LogP) is -7.61. The molecule has 0 spiro atoms. The van der Waals surface area contributed by atoms with Crippen molar-refractivity contribution in [2.45, 2.75) is 49.1 Å². The minimum Gasteiger partial charge on any atom is -0.547 e. The Kier molecular flexibility index (Phi) is 6.87. The zero-order chi connectivity index (χ0) is 28.9. The van der Waals surface area contributed by atoms with E-state index in [9.17, 15) is 40.2 Å². The number of aliphatic carboxylic acids is 2. The average molecular weight is 562 g/mol. The standard InChI is InChI=1S/2C10H11N5O5/c2*11-7-3-8(13-1-12-7)15(2-14-3)9-5(17)4(16)6(20-9)10(18)19/h2*1-2,4-6,9,16-17H,(H3,11,12,13,18,19)/t2*4-,5+,6-,9+/m00/s1. The third-order valence-corrected chi connectivity index (χ3v) is 6.39. The van der Waals surface area contributed by atoms with Crippen molar-refractivity contribution in [2.75, 3.05) is 11.5 Å². The van der Waals surface area contributed by atoms with E-state index in [1.165, 1.54) is 34.4 Å². The quantitative estimate of drug-likeness (QED) is 0.107. The molecular weight excluding hydrogens is 540 g/mol. The van der Waals surface area contributed by atoms with E-state index in [0.29, 0.717) is 22.3 Å². The summed E-state index contributed by atoms with van der Waals surface area (Å²) >= 11 is 0. The van der Waals surface area contributed by atoms with E-state index in [1.54, 1.807) is 0 Å². The van der Waals surface area contributed by atoms with Gasteiger partial charge in [-0.25, -0.2) is 9.13 Å². The van der Waals surface area contributed by atoms with Crippen LogP contribution in [0.5, 0.6) is 0 Å². The maximum absolute atomic E-state index is 10.8. The molecule has 20 nitrogen and oxygen atoms in total. The number of hydrogen-bond donors (Lipinski definition) is 8. The Balaban J connectivity index is 0.000000161. The lowest BCUT2D eigenvalue weighted by atomic mass is 10.1. The molecule has 0 aromatic carbocycles. The van der Waals surface area contributed by atoms with Crippen LogP contribution in [0.15, 0.2) is 25.3 Å². The van der Waals surface area contributed by atoms with Crippen molar-refractivity contribution in [1.29, 1.82) is 0 Å². The van der Waals surface area contributed by atoms with Crippen LogP contribution in [-0.4, -0.2) is 98.9 Å². The number of carboxylic acid groups (broad SMARTS) is 2. The van der Waals surface area contributed by atoms with Gasteiger partial charge in [-0.2, -0.15) is 9.97 Å². The van der Waals surface area contributed by atoms with E-state index in [1.807, 2.05) is 0 Å². The van der Waals surface area contributed by atoms with Gasteiger partial charge in [0.05, 0.1) is 11.9 Å². The van der Waals surface area contributed by atoms with Crippen molar-refractivity contribution in [3.63, 3.8) is 0 Å². The zero-order valence-corrected chi connectivity index (χ0v) is 20.0. The minimum atomic E-state index is -1.62. The number of aliphatic hydroxyl groups is 4. The number of ether oxygens (including phenoxy) is 2. The van der Waals surface area contributed by atoms with Gasteiger partial charge in [0.1, 0.15) is 36.6 Å². The van der Waals surface area contributed by atoms with Crippen LogP contribution in [0.2, 0.25) is 0 Å². The van der Waals surface area contributed by atoms with Gasteiger partial charge in [-0.05, 0) is 0 Å². The number of nitrogen functional groups attached to an aromatic ring is 2. The lowest BCUT2D eigenvalue weighted by molar-refractivity contribution is -0.745. The predicted molar refractivity (Wildman–Crippen MR) is 119 cm³/mol. The van der Waals surface area contributed by atoms with Crippen molar-refractivity contribution in [2.24, 2.45) is 0 Å². The molecule has 0 saturated carbocycles. The van der Waals surface area contributed by atoms with Gasteiger partial charge >= 0.3 is 11.3 Å². The van der Waals surface area contributed by atoms with E-state index in [2.05, 4.69) is 29.9 Å². The Labute approximate surface area is 221 Å². The van der Waals surface area contributed by atoms with Crippen molar-refractivity contribution in [1.82, 2.24) is 29.9 Å². The molecule has 0 unspecified atom stereocenters. The Morgan fingerprint density at radius 3 is 1.43 bits per heavy atom. The van der Waals surface area contributed by atoms with Gasteiger partial charge in [-0.3, -0.25) is 9.97 Å². The highest BCUT2D eigenvalue weighted by atomic mass is 16.6. The highest BCUT2D eigenvalue weighted by Crippen LogP contribution is 2.27. The summed E-state index contributed by atoms with van der Waals surface area (Å²) in [6.07, 6.45) is -6.35. The number of carbonyl (C=O) groups is 2. The first kappa shape index (κ1) is 27.0. The van der Waals surface area contributed by atoms with E-state index in [-0.39, 0.29) is 11.6 Å². The molecular formula is C20H22N10O10. The zero-order valence-electron chi connectivity index (χ0n) is 20.0. The minimum absolute atomic E-state index is 0.193. The number of fused-ring (bicyclic) bond motifs is 2. The number of nitrogens with two attached hydrogens (primary N) is 2. The Bertz CT molecular complexity index is 1460. The maximum atomic E-state index is 10.8. The number of carbonyl (C=O) groups excluding carboxylic acids is 2. The van der Waals surface area contributed by atoms with Gasteiger partial charge in [0.25, 0.3) is 0 Å². The molecule has 2 aliphatic rings. The molecule has 0 radical (unpaired) electrons. The van der Waals surface area contributed by atoms with E-state index in [0.717, 1.165) is 0 Å². The summed E-state index contributed by atoms with van der Waals surface area (Å²) in [6.45, 7) is 0. The maximum Gasteiger partial charge on any atom is 0.309 e. The van der Waals surface area contributed by atoms with Crippen molar-refractivity contribution < 1.29 is 58.8 Å². The van der Waals surface area contributed by atoms with E-state index in [4.69, 9.17) is 20.9 Å². The summed E-state index contributed by atoms with van der Waals surface area (Å²) in [5, 5.41) is 60.7. The second-order valence-electron chi connectivity index (χ2n) is 8.77. The summed E-state index contributed by atoms with van der Waals surface area (Å²) in [6, 6.07) is 0. The number of nitrogens with zero attached hydrogens (tertiary/aromatic N) is 6. The van der Waals surface area contributed by atoms with Gasteiger partial charge in [0, 0.05) is 0 Å². The van der Waals surface area contributed by atoms with Gasteiger partial charge in [-0.15, -0.1) is 0 Å². The molecule has 2 fully saturated rings. The second-order valence-corrected chi connectivity index (χ2v) is 8.77. The van der Waals surface area contributed by atoms with Crippen LogP contribution in [0, 0.1) is 0 Å². The monoisotopic (exact) mass is 562 g/mol. The molecule has 2 aliphatic heterocycles. The smallest absolute Gasteiger partial charge is 0.309 e. The fraction of sp³-hybridized carbons (Fsp3) is 0.400. The Morgan fingerprint density at radius 1 is 0.725 bits per heavy atom. The number of hydrogen-bond acceptors (Lipinski definition) is 16. The fourth-order valence-corrected chi connectivity index (χ4v) is 4.39. The number of aromatic nitrogens is 8. The Morgan fingerprint density at radius 2 is 1.10 bits per heavy atom. The summed E-state index contributed by atoms with van der Waals surface area (Å²) in [5.74, 6) is -2.82. The number of H-pyrrole nitrogens is 2. The third-order valence-electron chi connectivity index (χ3n) is 6.39. The van der Waals surface area contributed by atoms with Gasteiger partial charge in [0.2, 0.25) is 23.5 Å². The van der Waals surface area contributed by atoms with Gasteiger partial charge in [0.15, 0.2) is 36.9 Å². The molecule has 20 heteroatoms. The first-order valence-corrected chi connectivity index (χ1v) is 11.4. The van der Waals surface area contributed by atoms with Crippen LogP contribution in [-0.2, 0) is 19.1 Å². The lowest BCUT2D eigenvalue weighted by Crippen LogP contribution is -2.46. The van der Waals surface area contributed by atoms with Crippen LogP contribution in [0.4, 0.5) is 11.6 Å². The summed E-state index contributed by atoms with van der Waals surface area (Å²) in [5.41, 5.74) is 12.8. The molecule has 2 saturated heterocycles. The number of rotatable bonds is 4. The molecule has 6 heterocycles. The SMILES string of the molecule is Nc1ncnc2c1[nH]c[n+]2[C@@H]1O[C@H](C(=O)[O-])[C@@H](O)[C@H]1O.Nc1ncnc2c1[nH]c[n+]2[C@@H]1O[C@H](C(=O)[O-])[C@@H](O)[C@H]1O. The fourth-order valence-electron chi connectivity index (χ4n) is 4.39. The number of nitrogens with one attached hydrogen (secondary N) is 2. The van der Waals surface area contributed by atoms with Gasteiger partial charge in [-0.1, -0.05) is 9.97 Å². The van der Waals surface area contributed by atoms with Crippen molar-refractivity contribution in [3.05, 3.63) is 25.3 Å². The van der Waals surface area contributed by atoms with Crippen LogP contribution >= 0.6 is 0 Å². The highest BCUT2D eigenvalue weighted by Gasteiger charge is 2.48. The van der Waals surface area contributed by atoms with E-state index >= 15 is 0 Å². The third kappa shape index (κ3) is 4.39. The molecule has 6 rings (SSSR count). The summed E-state index contributed by atoms with van der Waals surface area (Å²) in [4.78, 5) is 42.8. The number of aliphatic hydroxyl groups excluding tert-OH is 4. The molecule has 10 N–H and O–H groups in total.